The molecular weight excluding hydrogens is 236 g/mol. The van der Waals surface area contributed by atoms with E-state index in [2.05, 4.69) is 44.0 Å². The second kappa shape index (κ2) is 6.92. The summed E-state index contributed by atoms with van der Waals surface area (Å²) in [6.45, 7) is 7.30. The fourth-order valence-electron chi connectivity index (χ4n) is 2.34. The van der Waals surface area contributed by atoms with Crippen LogP contribution in [0.1, 0.15) is 37.3 Å². The van der Waals surface area contributed by atoms with Gasteiger partial charge in [0, 0.05) is 24.8 Å². The predicted molar refractivity (Wildman–Crippen MR) is 82.7 cm³/mol. The summed E-state index contributed by atoms with van der Waals surface area (Å²) in [5.74, 6) is 0. The lowest BCUT2D eigenvalue weighted by Gasteiger charge is -2.27. The number of nitrogens with two attached hydrogens (primary N) is 1. The lowest BCUT2D eigenvalue weighted by molar-refractivity contribution is 0.181. The van der Waals surface area contributed by atoms with E-state index in [9.17, 15) is 5.11 Å². The molecule has 1 rings (SSSR count). The van der Waals surface area contributed by atoms with Crippen LogP contribution in [0.4, 0.5) is 5.69 Å². The predicted octanol–water partition coefficient (Wildman–Crippen LogP) is 2.62. The first-order valence-electron chi connectivity index (χ1n) is 7.09. The van der Waals surface area contributed by atoms with E-state index in [-0.39, 0.29) is 6.61 Å². The van der Waals surface area contributed by atoms with E-state index in [1.54, 1.807) is 0 Å². The summed E-state index contributed by atoms with van der Waals surface area (Å²) >= 11 is 0. The van der Waals surface area contributed by atoms with Gasteiger partial charge in [0.05, 0.1) is 6.61 Å². The number of aliphatic hydroxyl groups is 1. The van der Waals surface area contributed by atoms with E-state index in [0.29, 0.717) is 0 Å². The number of hydrogen-bond acceptors (Lipinski definition) is 3. The minimum atomic E-state index is -0.413. The van der Waals surface area contributed by atoms with Gasteiger partial charge in [-0.3, -0.25) is 0 Å². The normalized spacial score (nSPS) is 14.2. The molecule has 0 bridgehead atoms. The van der Waals surface area contributed by atoms with Gasteiger partial charge in [-0.05, 0) is 56.4 Å². The molecule has 0 heterocycles. The van der Waals surface area contributed by atoms with E-state index >= 15 is 0 Å². The zero-order valence-electron chi connectivity index (χ0n) is 12.7. The third-order valence-electron chi connectivity index (χ3n) is 3.83. The Kier molecular flexibility index (Phi) is 5.83. The van der Waals surface area contributed by atoms with Gasteiger partial charge in [0.25, 0.3) is 0 Å². The number of benzene rings is 1. The molecule has 1 atom stereocenters. The minimum absolute atomic E-state index is 0.0662. The molecule has 1 aromatic rings. The number of anilines is 1. The van der Waals surface area contributed by atoms with E-state index in [0.717, 1.165) is 25.8 Å². The molecular formula is C16H28N2O. The van der Waals surface area contributed by atoms with Crippen molar-refractivity contribution in [3.63, 3.8) is 0 Å². The van der Waals surface area contributed by atoms with Crippen molar-refractivity contribution < 1.29 is 5.11 Å². The van der Waals surface area contributed by atoms with Gasteiger partial charge in [0.2, 0.25) is 0 Å². The second-order valence-corrected chi connectivity index (χ2v) is 5.75. The summed E-state index contributed by atoms with van der Waals surface area (Å²) in [6, 6.07) is 6.59. The van der Waals surface area contributed by atoms with Crippen LogP contribution < -0.4 is 10.6 Å². The van der Waals surface area contributed by atoms with Crippen LogP contribution in [0.3, 0.4) is 0 Å². The molecule has 3 nitrogen and oxygen atoms in total. The molecule has 0 saturated carbocycles. The third kappa shape index (κ3) is 4.84. The molecule has 0 aromatic heterocycles. The van der Waals surface area contributed by atoms with Gasteiger partial charge in [-0.1, -0.05) is 13.0 Å². The monoisotopic (exact) mass is 264 g/mol. The molecule has 3 N–H and O–H groups in total. The molecule has 0 aliphatic carbocycles. The van der Waals surface area contributed by atoms with Gasteiger partial charge in [-0.15, -0.1) is 0 Å². The summed E-state index contributed by atoms with van der Waals surface area (Å²) in [7, 11) is 2.11. The van der Waals surface area contributed by atoms with Crippen LogP contribution in [-0.4, -0.2) is 30.8 Å². The minimum Gasteiger partial charge on any atom is -0.394 e. The Hall–Kier alpha value is -1.06. The van der Waals surface area contributed by atoms with Gasteiger partial charge in [-0.2, -0.15) is 0 Å². The highest BCUT2D eigenvalue weighted by Gasteiger charge is 2.20. The molecule has 0 fully saturated rings. The van der Waals surface area contributed by atoms with E-state index in [1.807, 2.05) is 6.92 Å². The Bertz CT molecular complexity index is 379. The molecule has 0 radical (unpaired) electrons. The van der Waals surface area contributed by atoms with Crippen molar-refractivity contribution in [3.8, 4) is 0 Å². The largest absolute Gasteiger partial charge is 0.394 e. The number of rotatable bonds is 7. The van der Waals surface area contributed by atoms with Crippen molar-refractivity contribution in [1.82, 2.24) is 0 Å². The topological polar surface area (TPSA) is 49.5 Å². The Morgan fingerprint density at radius 2 is 1.79 bits per heavy atom. The van der Waals surface area contributed by atoms with E-state index in [4.69, 9.17) is 5.73 Å². The first-order chi connectivity index (χ1) is 8.90. The van der Waals surface area contributed by atoms with Crippen molar-refractivity contribution in [2.45, 2.75) is 45.6 Å². The van der Waals surface area contributed by atoms with Crippen molar-refractivity contribution >= 4 is 5.69 Å². The number of nitrogens with zero attached hydrogens (tertiary/aromatic N) is 1. The summed E-state index contributed by atoms with van der Waals surface area (Å²) in [5.41, 5.74) is 9.52. The number of aliphatic hydroxyl groups excluding tert-OH is 1. The fraction of sp³-hybridized carbons (Fsp3) is 0.625. The van der Waals surface area contributed by atoms with Crippen molar-refractivity contribution in [2.75, 3.05) is 25.1 Å². The molecule has 1 aromatic carbocycles. The van der Waals surface area contributed by atoms with Gasteiger partial charge in [0.1, 0.15) is 0 Å². The average Bonchev–Trinajstić information content (AvgIpc) is 2.37. The molecule has 19 heavy (non-hydrogen) atoms. The lowest BCUT2D eigenvalue weighted by atomic mass is 9.92. The smallest absolute Gasteiger partial charge is 0.0611 e. The van der Waals surface area contributed by atoms with Gasteiger partial charge in [0.15, 0.2) is 0 Å². The molecule has 0 saturated heterocycles. The maximum atomic E-state index is 9.30. The molecule has 108 valence electrons. The first kappa shape index (κ1) is 16.0. The highest BCUT2D eigenvalue weighted by Crippen LogP contribution is 2.19. The van der Waals surface area contributed by atoms with Crippen LogP contribution in [0.15, 0.2) is 18.2 Å². The van der Waals surface area contributed by atoms with Crippen molar-refractivity contribution in [3.05, 3.63) is 29.3 Å². The van der Waals surface area contributed by atoms with Gasteiger partial charge < -0.3 is 15.7 Å². The maximum Gasteiger partial charge on any atom is 0.0611 e. The molecule has 1 unspecified atom stereocenters. The molecule has 0 spiro atoms. The van der Waals surface area contributed by atoms with Crippen molar-refractivity contribution in [1.29, 1.82) is 0 Å². The number of hydrogen-bond donors (Lipinski definition) is 2. The lowest BCUT2D eigenvalue weighted by Crippen LogP contribution is -2.43. The third-order valence-corrected chi connectivity index (χ3v) is 3.83. The number of aryl methyl sites for hydroxylation is 2. The molecule has 3 heteroatoms. The van der Waals surface area contributed by atoms with E-state index < -0.39 is 5.54 Å². The van der Waals surface area contributed by atoms with E-state index in [1.165, 1.54) is 16.8 Å². The zero-order chi connectivity index (χ0) is 14.5. The van der Waals surface area contributed by atoms with Gasteiger partial charge >= 0.3 is 0 Å². The average molecular weight is 264 g/mol. The van der Waals surface area contributed by atoms with Crippen LogP contribution in [0.2, 0.25) is 0 Å². The fourth-order valence-corrected chi connectivity index (χ4v) is 2.34. The highest BCUT2D eigenvalue weighted by molar-refractivity contribution is 5.50. The van der Waals surface area contributed by atoms with Crippen LogP contribution in [0.25, 0.3) is 0 Å². The molecule has 0 aliphatic rings. The quantitative estimate of drug-likeness (QED) is 0.796. The summed E-state index contributed by atoms with van der Waals surface area (Å²) in [4.78, 5) is 2.26. The molecule has 0 aliphatic heterocycles. The Morgan fingerprint density at radius 1 is 1.21 bits per heavy atom. The van der Waals surface area contributed by atoms with Crippen LogP contribution >= 0.6 is 0 Å². The summed E-state index contributed by atoms with van der Waals surface area (Å²) in [6.07, 6.45) is 2.67. The maximum absolute atomic E-state index is 9.30. The second-order valence-electron chi connectivity index (χ2n) is 5.75. The Morgan fingerprint density at radius 3 is 2.26 bits per heavy atom. The van der Waals surface area contributed by atoms with Gasteiger partial charge in [-0.25, -0.2) is 0 Å². The van der Waals surface area contributed by atoms with Crippen LogP contribution in [0, 0.1) is 13.8 Å². The summed E-state index contributed by atoms with van der Waals surface area (Å²) in [5, 5.41) is 9.30. The first-order valence-corrected chi connectivity index (χ1v) is 7.09. The highest BCUT2D eigenvalue weighted by atomic mass is 16.3. The SMILES string of the molecule is CCC(N)(CO)CCCN(C)c1cc(C)cc(C)c1. The standard InChI is InChI=1S/C16H28N2O/c1-5-16(17,12-19)7-6-8-18(4)15-10-13(2)9-14(3)11-15/h9-11,19H,5-8,12,17H2,1-4H3. The van der Waals surface area contributed by atoms with Crippen LogP contribution in [-0.2, 0) is 0 Å². The Labute approximate surface area is 117 Å². The van der Waals surface area contributed by atoms with Crippen molar-refractivity contribution in [2.24, 2.45) is 5.73 Å². The molecule has 0 amide bonds. The Balaban J connectivity index is 2.53. The van der Waals surface area contributed by atoms with Crippen LogP contribution in [0.5, 0.6) is 0 Å². The summed E-state index contributed by atoms with van der Waals surface area (Å²) < 4.78 is 0. The zero-order valence-corrected chi connectivity index (χ0v) is 12.7.